The Hall–Kier alpha value is -2.93. The molecule has 0 spiro atoms. The van der Waals surface area contributed by atoms with Gasteiger partial charge in [-0.25, -0.2) is 4.79 Å². The zero-order valence-corrected chi connectivity index (χ0v) is 13.7. The molecule has 0 amide bonds. The molecule has 118 valence electrons. The van der Waals surface area contributed by atoms with Gasteiger partial charge in [0.05, 0.1) is 11.2 Å². The van der Waals surface area contributed by atoms with Crippen LogP contribution in [0.5, 0.6) is 0 Å². The Morgan fingerprint density at radius 3 is 2.71 bits per heavy atom. The fraction of sp³-hybridized carbons (Fsp3) is 0. The fourth-order valence-electron chi connectivity index (χ4n) is 2.75. The number of halogens is 1. The van der Waals surface area contributed by atoms with Crippen molar-refractivity contribution in [2.24, 2.45) is 0 Å². The average molecular weight is 384 g/mol. The molecular formula is C17H10BrN3O3. The van der Waals surface area contributed by atoms with Crippen molar-refractivity contribution in [2.45, 2.75) is 0 Å². The number of hydrogen-bond acceptors (Lipinski definition) is 3. The first kappa shape index (κ1) is 14.6. The third-order valence-corrected chi connectivity index (χ3v) is 4.29. The number of carbonyl (C=O) groups is 1. The standard InChI is InChI=1S/C17H10BrN3O3/c18-9-4-3-5-10(8-9)21-16(22)13(17(23)24)15-14(20-21)11-6-1-2-7-12(11)19-15/h1-8,19H,(H,23,24). The van der Waals surface area contributed by atoms with Crippen molar-refractivity contribution in [3.8, 4) is 5.69 Å². The lowest BCUT2D eigenvalue weighted by molar-refractivity contribution is 0.0696. The number of nitrogens with one attached hydrogen (secondary N) is 1. The van der Waals surface area contributed by atoms with Gasteiger partial charge < -0.3 is 10.1 Å². The summed E-state index contributed by atoms with van der Waals surface area (Å²) in [5.74, 6) is -1.29. The van der Waals surface area contributed by atoms with Gasteiger partial charge in [-0.05, 0) is 24.3 Å². The smallest absolute Gasteiger partial charge is 0.343 e. The van der Waals surface area contributed by atoms with Crippen LogP contribution < -0.4 is 5.56 Å². The van der Waals surface area contributed by atoms with Gasteiger partial charge in [-0.2, -0.15) is 9.78 Å². The van der Waals surface area contributed by atoms with Gasteiger partial charge in [-0.3, -0.25) is 4.79 Å². The Morgan fingerprint density at radius 2 is 1.96 bits per heavy atom. The normalized spacial score (nSPS) is 11.2. The van der Waals surface area contributed by atoms with Crippen LogP contribution in [0.3, 0.4) is 0 Å². The van der Waals surface area contributed by atoms with E-state index < -0.39 is 11.5 Å². The predicted molar refractivity (Wildman–Crippen MR) is 93.9 cm³/mol. The van der Waals surface area contributed by atoms with Gasteiger partial charge in [0.25, 0.3) is 5.56 Å². The van der Waals surface area contributed by atoms with E-state index in [1.165, 1.54) is 0 Å². The van der Waals surface area contributed by atoms with E-state index in [-0.39, 0.29) is 11.1 Å². The lowest BCUT2D eigenvalue weighted by Crippen LogP contribution is -2.27. The molecule has 0 fully saturated rings. The quantitative estimate of drug-likeness (QED) is 0.555. The second-order valence-electron chi connectivity index (χ2n) is 5.27. The number of rotatable bonds is 2. The van der Waals surface area contributed by atoms with E-state index in [1.807, 2.05) is 30.3 Å². The van der Waals surface area contributed by atoms with Crippen LogP contribution in [0.2, 0.25) is 0 Å². The molecule has 7 heteroatoms. The summed E-state index contributed by atoms with van der Waals surface area (Å²) >= 11 is 3.35. The van der Waals surface area contributed by atoms with Crippen molar-refractivity contribution >= 4 is 43.8 Å². The molecule has 6 nitrogen and oxygen atoms in total. The summed E-state index contributed by atoms with van der Waals surface area (Å²) in [5, 5.41) is 14.7. The van der Waals surface area contributed by atoms with Crippen molar-refractivity contribution in [2.75, 3.05) is 0 Å². The number of aromatic amines is 1. The summed E-state index contributed by atoms with van der Waals surface area (Å²) in [7, 11) is 0. The highest BCUT2D eigenvalue weighted by Crippen LogP contribution is 2.25. The molecule has 2 N–H and O–H groups in total. The minimum atomic E-state index is -1.29. The van der Waals surface area contributed by atoms with Gasteiger partial charge in [0, 0.05) is 15.4 Å². The molecule has 0 atom stereocenters. The monoisotopic (exact) mass is 383 g/mol. The Bertz CT molecular complexity index is 1180. The number of nitrogens with zero attached hydrogens (tertiary/aromatic N) is 2. The van der Waals surface area contributed by atoms with E-state index in [0.29, 0.717) is 11.2 Å². The summed E-state index contributed by atoms with van der Waals surface area (Å²) in [6, 6.07) is 14.3. The van der Waals surface area contributed by atoms with E-state index in [0.717, 1.165) is 20.1 Å². The second-order valence-corrected chi connectivity index (χ2v) is 6.19. The third-order valence-electron chi connectivity index (χ3n) is 3.80. The van der Waals surface area contributed by atoms with Crippen LogP contribution in [0.25, 0.3) is 27.6 Å². The van der Waals surface area contributed by atoms with Crippen molar-refractivity contribution in [3.63, 3.8) is 0 Å². The van der Waals surface area contributed by atoms with Gasteiger partial charge in [0.15, 0.2) is 5.56 Å². The molecule has 2 heterocycles. The van der Waals surface area contributed by atoms with E-state index in [2.05, 4.69) is 26.0 Å². The van der Waals surface area contributed by atoms with Crippen LogP contribution >= 0.6 is 15.9 Å². The molecule has 0 aliphatic heterocycles. The summed E-state index contributed by atoms with van der Waals surface area (Å²) in [5.41, 5.74) is 0.899. The molecule has 2 aromatic carbocycles. The van der Waals surface area contributed by atoms with E-state index in [9.17, 15) is 14.7 Å². The van der Waals surface area contributed by atoms with Gasteiger partial charge >= 0.3 is 5.97 Å². The highest BCUT2D eigenvalue weighted by Gasteiger charge is 2.21. The number of fused-ring (bicyclic) bond motifs is 3. The first-order chi connectivity index (χ1) is 11.6. The second kappa shape index (κ2) is 5.31. The Labute approximate surface area is 143 Å². The topological polar surface area (TPSA) is 88.0 Å². The minimum absolute atomic E-state index is 0.236. The highest BCUT2D eigenvalue weighted by atomic mass is 79.9. The molecule has 0 unspecified atom stereocenters. The number of benzene rings is 2. The molecule has 0 saturated heterocycles. The molecule has 0 bridgehead atoms. The van der Waals surface area contributed by atoms with Crippen molar-refractivity contribution in [1.29, 1.82) is 0 Å². The molecule has 0 aliphatic carbocycles. The summed E-state index contributed by atoms with van der Waals surface area (Å²) in [6.07, 6.45) is 0. The van der Waals surface area contributed by atoms with Gasteiger partial charge in [-0.15, -0.1) is 0 Å². The molecule has 2 aromatic heterocycles. The summed E-state index contributed by atoms with van der Waals surface area (Å²) in [4.78, 5) is 27.4. The predicted octanol–water partition coefficient (Wildman–Crippen LogP) is 3.33. The lowest BCUT2D eigenvalue weighted by Gasteiger charge is -2.07. The Kier molecular flexibility index (Phi) is 3.24. The SMILES string of the molecule is O=C(O)c1c(=O)n(-c2cccc(Br)c2)nc2c1[nH]c1ccccc12. The molecule has 4 aromatic rings. The number of aromatic nitrogens is 3. The molecule has 4 rings (SSSR count). The number of carboxylic acid groups (broad SMARTS) is 1. The third kappa shape index (κ3) is 2.13. The van der Waals surface area contributed by atoms with E-state index in [1.54, 1.807) is 18.2 Å². The van der Waals surface area contributed by atoms with Crippen LogP contribution in [0, 0.1) is 0 Å². The zero-order valence-electron chi connectivity index (χ0n) is 12.2. The van der Waals surface area contributed by atoms with Crippen LogP contribution in [0.15, 0.2) is 57.8 Å². The van der Waals surface area contributed by atoms with Crippen LogP contribution in [-0.4, -0.2) is 25.8 Å². The molecule has 0 saturated carbocycles. The van der Waals surface area contributed by atoms with Gasteiger partial charge in [0.2, 0.25) is 0 Å². The number of carboxylic acids is 1. The zero-order chi connectivity index (χ0) is 16.8. The molecule has 24 heavy (non-hydrogen) atoms. The Morgan fingerprint density at radius 1 is 1.17 bits per heavy atom. The molecule has 0 aliphatic rings. The molecular weight excluding hydrogens is 374 g/mol. The maximum Gasteiger partial charge on any atom is 0.343 e. The number of aromatic carboxylic acids is 1. The van der Waals surface area contributed by atoms with Crippen LogP contribution in [0.1, 0.15) is 10.4 Å². The largest absolute Gasteiger partial charge is 0.477 e. The summed E-state index contributed by atoms with van der Waals surface area (Å²) < 4.78 is 1.89. The maximum atomic E-state index is 12.7. The maximum absolute atomic E-state index is 12.7. The Balaban J connectivity index is 2.19. The average Bonchev–Trinajstić information content (AvgIpc) is 2.91. The number of hydrogen-bond donors (Lipinski definition) is 2. The summed E-state index contributed by atoms with van der Waals surface area (Å²) in [6.45, 7) is 0. The highest BCUT2D eigenvalue weighted by molar-refractivity contribution is 9.10. The fourth-order valence-corrected chi connectivity index (χ4v) is 3.14. The lowest BCUT2D eigenvalue weighted by atomic mass is 10.2. The van der Waals surface area contributed by atoms with Crippen molar-refractivity contribution in [3.05, 3.63) is 68.9 Å². The number of H-pyrrole nitrogens is 1. The van der Waals surface area contributed by atoms with Gasteiger partial charge in [-0.1, -0.05) is 40.2 Å². The van der Waals surface area contributed by atoms with Crippen molar-refractivity contribution in [1.82, 2.24) is 14.8 Å². The molecule has 0 radical (unpaired) electrons. The minimum Gasteiger partial charge on any atom is -0.477 e. The first-order valence-corrected chi connectivity index (χ1v) is 7.88. The van der Waals surface area contributed by atoms with Crippen molar-refractivity contribution < 1.29 is 9.90 Å². The number of para-hydroxylation sites is 1. The van der Waals surface area contributed by atoms with E-state index in [4.69, 9.17) is 0 Å². The van der Waals surface area contributed by atoms with Crippen LogP contribution in [-0.2, 0) is 0 Å². The first-order valence-electron chi connectivity index (χ1n) is 7.09. The van der Waals surface area contributed by atoms with Gasteiger partial charge in [0.1, 0.15) is 5.52 Å². The van der Waals surface area contributed by atoms with Crippen LogP contribution in [0.4, 0.5) is 0 Å². The van der Waals surface area contributed by atoms with E-state index >= 15 is 0 Å².